The average Bonchev–Trinajstić information content (AvgIpc) is 0.663. The highest BCUT2D eigenvalue weighted by Crippen LogP contribution is 2.76. The van der Waals surface area contributed by atoms with E-state index in [1.807, 2.05) is 34.6 Å². The van der Waals surface area contributed by atoms with Crippen LogP contribution in [0.3, 0.4) is 0 Å². The van der Waals surface area contributed by atoms with E-state index in [4.69, 9.17) is 47.4 Å². The van der Waals surface area contributed by atoms with Crippen molar-refractivity contribution in [3.05, 3.63) is 34.9 Å². The number of aliphatic hydroxyl groups excluding tert-OH is 14. The lowest BCUT2D eigenvalue weighted by atomic mass is 9.32. The summed E-state index contributed by atoms with van der Waals surface area (Å²) in [6, 6.07) is 0. The Balaban J connectivity index is 1.07. The molecule has 5 aliphatic carbocycles. The third kappa shape index (κ3) is 11.8. The fraction of sp³-hybridized carbons (Fsp3) is 0.859. The van der Waals surface area contributed by atoms with Crippen LogP contribution >= 0.6 is 0 Å². The second-order valence-electron chi connectivity index (χ2n) is 29.3. The molecule has 9 aliphatic rings. The number of allylic oxidation sites excluding steroid dienone is 3. The second kappa shape index (κ2) is 26.9. The van der Waals surface area contributed by atoms with Gasteiger partial charge in [-0.25, -0.2) is 14.4 Å². The first kappa shape index (κ1) is 73.0. The van der Waals surface area contributed by atoms with E-state index in [9.17, 15) is 91.0 Å². The molecule has 9 rings (SSSR count). The van der Waals surface area contributed by atoms with Crippen LogP contribution in [0, 0.1) is 50.2 Å². The SMILES string of the molecule is C/C=C(/C)C(=O)O[C@H]1[C@H](OC(=O)/C(C)=C/C)[C@]2(CO)[C@H](O)[C@H](O)[C@]3(C)C(=CC[C@@H]4[C@@]5(C)CC[C@H](O[C@@H]6O[C@H](C(=O)O)[C@@H](O)[C@H](O[C@@H]7O[C@H](CO)[C@H](O)[C@H](O)[C@H]7OC7OC(C)C(O)C(O)C7O)[C@H]6O[C@@H]6O[C@H](CO)[C@@H](O)[C@H](O)[C@H]6O)C(C)(C)[C@@H]5CC[C@]43C)[C@@H]2CC1(C)C. The maximum Gasteiger partial charge on any atom is 0.335 e. The highest BCUT2D eigenvalue weighted by molar-refractivity contribution is 5.89. The number of carboxylic acids is 1. The maximum atomic E-state index is 13.9. The molecule has 4 aliphatic heterocycles. The molecule has 4 saturated carbocycles. The van der Waals surface area contributed by atoms with Crippen LogP contribution in [0.1, 0.15) is 122 Å². The molecule has 0 aromatic heterocycles. The smallest absolute Gasteiger partial charge is 0.335 e. The first-order chi connectivity index (χ1) is 42.9. The fourth-order valence-electron chi connectivity index (χ4n) is 17.8. The molecule has 0 aromatic rings. The number of carbonyl (C=O) groups is 3. The number of rotatable bonds is 16. The van der Waals surface area contributed by atoms with Crippen LogP contribution in [0.5, 0.6) is 0 Å². The Morgan fingerprint density at radius 1 is 0.576 bits per heavy atom. The topological polar surface area (TPSA) is 447 Å². The zero-order valence-corrected chi connectivity index (χ0v) is 54.3. The normalized spacial score (nSPS) is 50.2. The molecule has 0 aromatic carbocycles. The Bertz CT molecular complexity index is 2760. The summed E-state index contributed by atoms with van der Waals surface area (Å²) >= 11 is 0. The largest absolute Gasteiger partial charge is 0.479 e. The predicted octanol–water partition coefficient (Wildman–Crippen LogP) is -1.52. The standard InChI is InChI=1S/C64H100O28/c1-13-25(3)53(81)91-50-51(92-54(82)26(4)14-2)64(24-67)29(21-59(50,6)7)28-15-16-33-61(10)19-18-34(60(8,9)32(61)17-20-62(33,11)63(28,12)48(77)49(64)78)86-58-47(90-56-42(75)39(72)36(69)30(22-65)84-56)44(43(76)45(88-58)52(79)80)87-57-46(40(73)37(70)31(23-66)85-57)89-55-41(74)38(71)35(68)27(5)83-55/h13-15,27,29-51,55-58,65-78H,16-24H2,1-12H3,(H,79,80)/b25-13-,26-14+/t27?,29-,30+,31+,32-,33+,34-,35?,36+,37-,38?,39-,40-,41?,42+,43-,44-,45-,46+,47+,48-,49+,50-,51-,55?,56-,57-,58+,61-,62+,63-,64-/m0/s1. The zero-order chi connectivity index (χ0) is 68.2. The molecule has 28 nitrogen and oxygen atoms in total. The number of fused-ring (bicyclic) bond motifs is 7. The monoisotopic (exact) mass is 1320 g/mol. The highest BCUT2D eigenvalue weighted by Gasteiger charge is 2.77. The summed E-state index contributed by atoms with van der Waals surface area (Å²) in [7, 11) is 0. The lowest BCUT2D eigenvalue weighted by Gasteiger charge is -2.73. The lowest BCUT2D eigenvalue weighted by Crippen LogP contribution is -2.76. The Hall–Kier alpha value is -3.25. The van der Waals surface area contributed by atoms with Crippen molar-refractivity contribution in [2.24, 2.45) is 50.2 Å². The molecule has 92 heavy (non-hydrogen) atoms. The van der Waals surface area contributed by atoms with Crippen LogP contribution in [-0.4, -0.2) is 268 Å². The molecule has 4 heterocycles. The number of aliphatic carboxylic acids is 1. The van der Waals surface area contributed by atoms with Gasteiger partial charge in [-0.3, -0.25) is 0 Å². The quantitative estimate of drug-likeness (QED) is 0.0361. The van der Waals surface area contributed by atoms with Gasteiger partial charge in [-0.05, 0) is 107 Å². The van der Waals surface area contributed by atoms with Gasteiger partial charge in [-0.15, -0.1) is 0 Å². The summed E-state index contributed by atoms with van der Waals surface area (Å²) in [5.74, 6) is -4.35. The molecule has 15 N–H and O–H groups in total. The molecule has 5 unspecified atom stereocenters. The third-order valence-electron chi connectivity index (χ3n) is 23.8. The van der Waals surface area contributed by atoms with E-state index in [-0.39, 0.29) is 35.8 Å². The van der Waals surface area contributed by atoms with E-state index in [0.717, 1.165) is 5.57 Å². The summed E-state index contributed by atoms with van der Waals surface area (Å²) in [5, 5.41) is 170. The molecule has 0 radical (unpaired) electrons. The van der Waals surface area contributed by atoms with E-state index >= 15 is 0 Å². The van der Waals surface area contributed by atoms with Gasteiger partial charge in [0.1, 0.15) is 91.6 Å². The van der Waals surface area contributed by atoms with E-state index in [1.165, 1.54) is 6.92 Å². The fourth-order valence-corrected chi connectivity index (χ4v) is 17.8. The minimum absolute atomic E-state index is 0.220. The van der Waals surface area contributed by atoms with Crippen LogP contribution in [0.15, 0.2) is 34.9 Å². The molecule has 4 saturated heterocycles. The van der Waals surface area contributed by atoms with Crippen molar-refractivity contribution < 1.29 is 138 Å². The Labute approximate surface area is 534 Å². The van der Waals surface area contributed by atoms with Crippen molar-refractivity contribution in [1.29, 1.82) is 0 Å². The van der Waals surface area contributed by atoms with Crippen molar-refractivity contribution >= 4 is 17.9 Å². The Morgan fingerprint density at radius 3 is 1.66 bits per heavy atom. The first-order valence-electron chi connectivity index (χ1n) is 32.1. The molecule has 0 spiro atoms. The molecule has 28 heteroatoms. The second-order valence-corrected chi connectivity index (χ2v) is 29.3. The first-order valence-corrected chi connectivity index (χ1v) is 32.1. The van der Waals surface area contributed by atoms with Crippen molar-refractivity contribution in [2.45, 2.75) is 275 Å². The number of aliphatic hydroxyl groups is 14. The van der Waals surface area contributed by atoms with Crippen LogP contribution in [0.4, 0.5) is 0 Å². The zero-order valence-electron chi connectivity index (χ0n) is 54.3. The molecule has 524 valence electrons. The molecule has 32 atom stereocenters. The summed E-state index contributed by atoms with van der Waals surface area (Å²) < 4.78 is 61.7. The van der Waals surface area contributed by atoms with Crippen molar-refractivity contribution in [2.75, 3.05) is 19.8 Å². The number of hydrogen-bond acceptors (Lipinski definition) is 27. The van der Waals surface area contributed by atoms with E-state index in [2.05, 4.69) is 19.9 Å². The number of esters is 2. The van der Waals surface area contributed by atoms with E-state index in [0.29, 0.717) is 25.7 Å². The van der Waals surface area contributed by atoms with E-state index in [1.54, 1.807) is 39.8 Å². The molecular weight excluding hydrogens is 1220 g/mol. The lowest BCUT2D eigenvalue weighted by molar-refractivity contribution is -0.406. The van der Waals surface area contributed by atoms with Crippen LogP contribution in [-0.2, 0) is 61.8 Å². The minimum Gasteiger partial charge on any atom is -0.479 e. The number of ether oxygens (including phenoxy) is 10. The number of hydrogen-bond donors (Lipinski definition) is 15. The van der Waals surface area contributed by atoms with Crippen LogP contribution < -0.4 is 0 Å². The van der Waals surface area contributed by atoms with Gasteiger partial charge in [0.05, 0.1) is 49.7 Å². The number of carbonyl (C=O) groups excluding carboxylic acids is 2. The summed E-state index contributed by atoms with van der Waals surface area (Å²) in [4.78, 5) is 40.9. The Morgan fingerprint density at radius 2 is 1.10 bits per heavy atom. The Kier molecular flexibility index (Phi) is 21.3. The number of carboxylic acid groups (broad SMARTS) is 1. The van der Waals surface area contributed by atoms with Crippen LogP contribution in [0.25, 0.3) is 0 Å². The molecule has 8 fully saturated rings. The predicted molar refractivity (Wildman–Crippen MR) is 314 cm³/mol. The minimum atomic E-state index is -2.31. The molecule has 0 amide bonds. The van der Waals surface area contributed by atoms with Crippen molar-refractivity contribution in [3.63, 3.8) is 0 Å². The summed E-state index contributed by atoms with van der Waals surface area (Å²) in [6.45, 7) is 19.2. The molecular formula is C64H100O28. The van der Waals surface area contributed by atoms with E-state index < -0.39 is 229 Å². The van der Waals surface area contributed by atoms with Gasteiger partial charge >= 0.3 is 17.9 Å². The van der Waals surface area contributed by atoms with Crippen molar-refractivity contribution in [1.82, 2.24) is 0 Å². The van der Waals surface area contributed by atoms with Crippen LogP contribution in [0.2, 0.25) is 0 Å². The van der Waals surface area contributed by atoms with Gasteiger partial charge < -0.3 is 124 Å². The maximum absolute atomic E-state index is 13.9. The average molecular weight is 1320 g/mol. The van der Waals surface area contributed by atoms with Gasteiger partial charge in [-0.1, -0.05) is 72.3 Å². The van der Waals surface area contributed by atoms with Gasteiger partial charge in [0, 0.05) is 22.0 Å². The van der Waals surface area contributed by atoms with Crippen molar-refractivity contribution in [3.8, 4) is 0 Å². The van der Waals surface area contributed by atoms with Gasteiger partial charge in [0.2, 0.25) is 0 Å². The van der Waals surface area contributed by atoms with Gasteiger partial charge in [0.15, 0.2) is 37.4 Å². The summed E-state index contributed by atoms with van der Waals surface area (Å²) in [5.41, 5.74) is -4.87. The third-order valence-corrected chi connectivity index (χ3v) is 23.8. The van der Waals surface area contributed by atoms with Gasteiger partial charge in [0.25, 0.3) is 0 Å². The molecule has 0 bridgehead atoms. The van der Waals surface area contributed by atoms with Gasteiger partial charge in [-0.2, -0.15) is 0 Å². The highest BCUT2D eigenvalue weighted by atomic mass is 16.8. The summed E-state index contributed by atoms with van der Waals surface area (Å²) in [6.07, 6.45) is -37.8.